The van der Waals surface area contributed by atoms with Gasteiger partial charge >= 0.3 is 0 Å². The van der Waals surface area contributed by atoms with Crippen molar-refractivity contribution in [1.29, 1.82) is 0 Å². The molecule has 0 bridgehead atoms. The van der Waals surface area contributed by atoms with E-state index in [1.54, 1.807) is 0 Å². The Morgan fingerprint density at radius 3 is 1.86 bits per heavy atom. The van der Waals surface area contributed by atoms with Crippen LogP contribution in [0.15, 0.2) is 35.9 Å². The molecule has 3 rings (SSSR count). The van der Waals surface area contributed by atoms with Crippen molar-refractivity contribution in [2.45, 2.75) is 85.5 Å². The average Bonchev–Trinajstić information content (AvgIpc) is 3.02. The van der Waals surface area contributed by atoms with E-state index in [2.05, 4.69) is 105 Å². The minimum atomic E-state index is 0.127. The van der Waals surface area contributed by atoms with E-state index < -0.39 is 0 Å². The Morgan fingerprint density at radius 1 is 0.821 bits per heavy atom. The molecule has 0 atom stereocenters. The van der Waals surface area contributed by atoms with Crippen LogP contribution in [0, 0.1) is 6.42 Å². The van der Waals surface area contributed by atoms with E-state index in [4.69, 9.17) is 0 Å². The number of rotatable bonds is 3. The summed E-state index contributed by atoms with van der Waals surface area (Å²) in [6.45, 7) is 20.8. The maximum Gasteiger partial charge on any atom is 0.0164 e. The van der Waals surface area contributed by atoms with Gasteiger partial charge in [-0.2, -0.15) is 0 Å². The van der Waals surface area contributed by atoms with Gasteiger partial charge in [0.2, 0.25) is 0 Å². The van der Waals surface area contributed by atoms with Crippen LogP contribution in [0.25, 0.3) is 17.2 Å². The van der Waals surface area contributed by atoms with E-state index in [-0.39, 0.29) is 10.8 Å². The molecule has 0 heterocycles. The quantitative estimate of drug-likeness (QED) is 0.506. The van der Waals surface area contributed by atoms with Crippen LogP contribution in [-0.2, 0) is 10.8 Å². The molecule has 0 saturated heterocycles. The van der Waals surface area contributed by atoms with Gasteiger partial charge in [-0.05, 0) is 62.1 Å². The Hall–Kier alpha value is -1.82. The monoisotopic (exact) mass is 373 g/mol. The fraction of sp³-hybridized carbons (Fsp3) is 0.464. The molecule has 0 aliphatic heterocycles. The molecule has 2 aromatic rings. The van der Waals surface area contributed by atoms with Gasteiger partial charge in [-0.1, -0.05) is 104 Å². The Kier molecular flexibility index (Phi) is 5.38. The molecule has 1 aliphatic rings. The lowest BCUT2D eigenvalue weighted by Crippen LogP contribution is -2.16. The highest BCUT2D eigenvalue weighted by molar-refractivity contribution is 5.86. The minimum Gasteiger partial charge on any atom is -0.0616 e. The lowest BCUT2D eigenvalue weighted by Gasteiger charge is -2.27. The van der Waals surface area contributed by atoms with E-state index in [1.165, 1.54) is 44.5 Å². The zero-order valence-electron chi connectivity index (χ0n) is 19.3. The molecule has 0 amide bonds. The molecule has 0 heteroatoms. The predicted molar refractivity (Wildman–Crippen MR) is 125 cm³/mol. The van der Waals surface area contributed by atoms with Gasteiger partial charge in [0.05, 0.1) is 0 Å². The molecule has 0 fully saturated rings. The Morgan fingerprint density at radius 2 is 1.39 bits per heavy atom. The van der Waals surface area contributed by atoms with Gasteiger partial charge in [-0.25, -0.2) is 0 Å². The van der Waals surface area contributed by atoms with Crippen molar-refractivity contribution in [3.63, 3.8) is 0 Å². The van der Waals surface area contributed by atoms with Gasteiger partial charge in [0.25, 0.3) is 0 Å². The normalized spacial score (nSPS) is 14.4. The molecular weight excluding hydrogens is 336 g/mol. The first-order valence-electron chi connectivity index (χ1n) is 10.8. The summed E-state index contributed by atoms with van der Waals surface area (Å²) in [5.74, 6) is 0.496. The second-order valence-corrected chi connectivity index (χ2v) is 10.7. The number of benzene rings is 2. The van der Waals surface area contributed by atoms with E-state index in [0.29, 0.717) is 5.92 Å². The number of hydrogen-bond donors (Lipinski definition) is 0. The van der Waals surface area contributed by atoms with Crippen molar-refractivity contribution in [3.8, 4) is 11.1 Å². The molecule has 0 nitrogen and oxygen atoms in total. The van der Waals surface area contributed by atoms with Gasteiger partial charge in [0, 0.05) is 6.42 Å². The molecule has 0 spiro atoms. The summed E-state index contributed by atoms with van der Waals surface area (Å²) in [4.78, 5) is 0. The van der Waals surface area contributed by atoms with Crippen molar-refractivity contribution < 1.29 is 0 Å². The van der Waals surface area contributed by atoms with Crippen LogP contribution in [0.1, 0.15) is 102 Å². The average molecular weight is 374 g/mol. The summed E-state index contributed by atoms with van der Waals surface area (Å²) in [5.41, 5.74) is 11.6. The Balaban J connectivity index is 2.35. The highest BCUT2D eigenvalue weighted by Crippen LogP contribution is 2.43. The van der Waals surface area contributed by atoms with Gasteiger partial charge in [0.15, 0.2) is 0 Å². The molecular formula is C28H37. The van der Waals surface area contributed by atoms with E-state index >= 15 is 0 Å². The van der Waals surface area contributed by atoms with Crippen LogP contribution in [0.4, 0.5) is 0 Å². The third-order valence-electron chi connectivity index (χ3n) is 5.97. The van der Waals surface area contributed by atoms with Gasteiger partial charge in [-0.15, -0.1) is 0 Å². The molecule has 28 heavy (non-hydrogen) atoms. The zero-order valence-corrected chi connectivity index (χ0v) is 19.3. The van der Waals surface area contributed by atoms with Crippen molar-refractivity contribution >= 4 is 6.08 Å². The van der Waals surface area contributed by atoms with Crippen molar-refractivity contribution in [2.24, 2.45) is 0 Å². The highest BCUT2D eigenvalue weighted by atomic mass is 14.3. The van der Waals surface area contributed by atoms with Crippen molar-refractivity contribution in [2.75, 3.05) is 0 Å². The van der Waals surface area contributed by atoms with Crippen LogP contribution < -0.4 is 0 Å². The third-order valence-corrected chi connectivity index (χ3v) is 5.97. The van der Waals surface area contributed by atoms with Crippen molar-refractivity contribution in [1.82, 2.24) is 0 Å². The fourth-order valence-corrected chi connectivity index (χ4v) is 4.01. The molecule has 0 unspecified atom stereocenters. The fourth-order valence-electron chi connectivity index (χ4n) is 4.01. The largest absolute Gasteiger partial charge is 0.0616 e. The highest BCUT2D eigenvalue weighted by Gasteiger charge is 2.25. The first-order valence-corrected chi connectivity index (χ1v) is 10.8. The molecule has 2 aromatic carbocycles. The maximum atomic E-state index is 2.44. The van der Waals surface area contributed by atoms with Crippen LogP contribution in [0.2, 0.25) is 0 Å². The SMILES string of the molecule is CCC1=Cc2c(ccc(C(C)C)c2-c2cc(C(C)(C)C)cc(C(C)(C)C)c2)[CH]1. The molecule has 1 radical (unpaired) electrons. The van der Waals surface area contributed by atoms with Gasteiger partial charge < -0.3 is 0 Å². The predicted octanol–water partition coefficient (Wildman–Crippen LogP) is 8.43. The first-order chi connectivity index (χ1) is 12.9. The molecule has 0 saturated carbocycles. The van der Waals surface area contributed by atoms with E-state index in [1.807, 2.05) is 0 Å². The Labute approximate surface area is 173 Å². The summed E-state index contributed by atoms with van der Waals surface area (Å²) in [6, 6.07) is 12.0. The lowest BCUT2D eigenvalue weighted by atomic mass is 9.77. The molecule has 0 aromatic heterocycles. The molecule has 149 valence electrons. The maximum absolute atomic E-state index is 2.44. The van der Waals surface area contributed by atoms with Crippen LogP contribution >= 0.6 is 0 Å². The second kappa shape index (κ2) is 7.21. The third kappa shape index (κ3) is 3.97. The van der Waals surface area contributed by atoms with Gasteiger partial charge in [0.1, 0.15) is 0 Å². The summed E-state index contributed by atoms with van der Waals surface area (Å²) < 4.78 is 0. The van der Waals surface area contributed by atoms with Crippen LogP contribution in [0.5, 0.6) is 0 Å². The van der Waals surface area contributed by atoms with Crippen LogP contribution in [-0.4, -0.2) is 0 Å². The summed E-state index contributed by atoms with van der Waals surface area (Å²) in [5, 5.41) is 0. The smallest absolute Gasteiger partial charge is 0.0164 e. The molecule has 0 N–H and O–H groups in total. The number of fused-ring (bicyclic) bond motifs is 1. The Bertz CT molecular complexity index is 876. The summed E-state index contributed by atoms with van der Waals surface area (Å²) in [7, 11) is 0. The van der Waals surface area contributed by atoms with E-state index in [9.17, 15) is 0 Å². The standard InChI is InChI=1S/C28H37/c1-10-19-13-20-11-12-24(18(2)3)26(25(20)14-19)21-15-22(27(4,5)6)17-23(16-21)28(7,8)9/h11-18H,10H2,1-9H3. The topological polar surface area (TPSA) is 0 Å². The first kappa shape index (κ1) is 20.9. The summed E-state index contributed by atoms with van der Waals surface area (Å²) >= 11 is 0. The van der Waals surface area contributed by atoms with Crippen molar-refractivity contribution in [3.05, 3.63) is 70.1 Å². The van der Waals surface area contributed by atoms with Gasteiger partial charge in [-0.3, -0.25) is 0 Å². The second-order valence-electron chi connectivity index (χ2n) is 10.7. The number of allylic oxidation sites excluding steroid dienone is 1. The van der Waals surface area contributed by atoms with Crippen LogP contribution in [0.3, 0.4) is 0 Å². The number of hydrogen-bond acceptors (Lipinski definition) is 0. The minimum absolute atomic E-state index is 0.127. The lowest BCUT2D eigenvalue weighted by molar-refractivity contribution is 0.569. The summed E-state index contributed by atoms with van der Waals surface area (Å²) in [6.07, 6.45) is 5.86. The zero-order chi connectivity index (χ0) is 20.9. The molecule has 1 aliphatic carbocycles. The van der Waals surface area contributed by atoms with E-state index in [0.717, 1.165) is 6.42 Å².